The molecule has 2 aromatic carbocycles. The van der Waals surface area contributed by atoms with Gasteiger partial charge in [0.25, 0.3) is 11.8 Å². The summed E-state index contributed by atoms with van der Waals surface area (Å²) in [7, 11) is 0. The van der Waals surface area contributed by atoms with Gasteiger partial charge in [-0.3, -0.25) is 34.3 Å². The zero-order valence-corrected chi connectivity index (χ0v) is 31.0. The number of nitrogens with one attached hydrogen (secondary N) is 2. The second-order valence-corrected chi connectivity index (χ2v) is 14.5. The first-order valence-corrected chi connectivity index (χ1v) is 18.3. The van der Waals surface area contributed by atoms with Gasteiger partial charge in [-0.25, -0.2) is 33.6 Å². The van der Waals surface area contributed by atoms with Crippen molar-refractivity contribution in [2.75, 3.05) is 31.5 Å². The maximum absolute atomic E-state index is 15.8. The molecular formula is C39H36F4N10O4. The van der Waals surface area contributed by atoms with Crippen molar-refractivity contribution in [1.82, 2.24) is 44.5 Å². The smallest absolute Gasteiger partial charge is 0.326 e. The molecular weight excluding hydrogens is 748 g/mol. The summed E-state index contributed by atoms with van der Waals surface area (Å²) in [5, 5.41) is 4.98. The Kier molecular flexibility index (Phi) is 9.55. The van der Waals surface area contributed by atoms with E-state index < -0.39 is 47.4 Å². The number of aryl methyl sites for hydroxylation is 1. The first kappa shape index (κ1) is 37.8. The Morgan fingerprint density at radius 1 is 0.895 bits per heavy atom. The molecule has 18 heteroatoms. The van der Waals surface area contributed by atoms with Crippen molar-refractivity contribution in [2.45, 2.75) is 58.3 Å². The minimum atomic E-state index is -3.36. The zero-order chi connectivity index (χ0) is 40.3. The standard InChI is InChI=1S/C39H36F4N10O4/c1-20(2)52-21(3)46-34-27(40)15-23(16-30(34)52)33-28(41)18-45-38(49-33)47-31-8-5-24(17-44-31)39(42,43)51-12-10-50(11-13-51)19-22-4-6-25-26(14-22)37(57)53(36(25)56)29-7-9-32(54)48-35(29)55/h4-6,8,14-18,20,29H,7,9-13,19H2,1-3H3,(H,48,54,55)(H,44,45,47,49). The molecule has 6 heterocycles. The van der Waals surface area contributed by atoms with Gasteiger partial charge < -0.3 is 9.88 Å². The van der Waals surface area contributed by atoms with Crippen molar-refractivity contribution < 1.29 is 36.7 Å². The maximum atomic E-state index is 15.8. The van der Waals surface area contributed by atoms with Gasteiger partial charge in [0, 0.05) is 56.9 Å². The molecule has 2 fully saturated rings. The highest BCUT2D eigenvalue weighted by Gasteiger charge is 2.45. The van der Waals surface area contributed by atoms with Gasteiger partial charge in [-0.05, 0) is 69.2 Å². The van der Waals surface area contributed by atoms with Crippen molar-refractivity contribution in [1.29, 1.82) is 0 Å². The molecule has 5 aromatic rings. The maximum Gasteiger partial charge on any atom is 0.333 e. The van der Waals surface area contributed by atoms with E-state index in [1.54, 1.807) is 25.1 Å². The number of carbonyl (C=O) groups excluding carboxylic acids is 4. The van der Waals surface area contributed by atoms with Crippen molar-refractivity contribution in [2.24, 2.45) is 0 Å². The number of nitrogens with zero attached hydrogens (tertiary/aromatic N) is 8. The number of aromatic nitrogens is 5. The number of hydrogen-bond acceptors (Lipinski definition) is 11. The lowest BCUT2D eigenvalue weighted by Crippen LogP contribution is -2.54. The fourth-order valence-electron chi connectivity index (χ4n) is 7.69. The van der Waals surface area contributed by atoms with Crippen LogP contribution in [0.2, 0.25) is 0 Å². The summed E-state index contributed by atoms with van der Waals surface area (Å²) in [5.74, 6) is -3.12. The van der Waals surface area contributed by atoms with Crippen LogP contribution >= 0.6 is 0 Å². The molecule has 3 aliphatic rings. The van der Waals surface area contributed by atoms with Crippen LogP contribution in [0.1, 0.15) is 70.4 Å². The van der Waals surface area contributed by atoms with Gasteiger partial charge in [0.1, 0.15) is 28.9 Å². The van der Waals surface area contributed by atoms with Crippen molar-refractivity contribution in [3.63, 3.8) is 0 Å². The lowest BCUT2D eigenvalue weighted by atomic mass is 10.0. The number of imidazole rings is 1. The lowest BCUT2D eigenvalue weighted by molar-refractivity contribution is -0.168. The highest BCUT2D eigenvalue weighted by Crippen LogP contribution is 2.35. The summed E-state index contributed by atoms with van der Waals surface area (Å²) < 4.78 is 63.5. The number of hydrogen-bond donors (Lipinski definition) is 2. The first-order valence-electron chi connectivity index (χ1n) is 18.3. The highest BCUT2D eigenvalue weighted by molar-refractivity contribution is 6.23. The topological polar surface area (TPSA) is 159 Å². The first-order chi connectivity index (χ1) is 27.2. The normalized spacial score (nSPS) is 18.2. The van der Waals surface area contributed by atoms with E-state index in [0.29, 0.717) is 23.4 Å². The van der Waals surface area contributed by atoms with Gasteiger partial charge in [0.15, 0.2) is 11.6 Å². The number of piperazine rings is 1. The Morgan fingerprint density at radius 2 is 1.65 bits per heavy atom. The number of fused-ring (bicyclic) bond motifs is 2. The molecule has 2 saturated heterocycles. The molecule has 3 aliphatic heterocycles. The van der Waals surface area contributed by atoms with Crippen LogP contribution in [0.5, 0.6) is 0 Å². The number of halogens is 4. The van der Waals surface area contributed by atoms with Gasteiger partial charge in [0.2, 0.25) is 17.8 Å². The number of carbonyl (C=O) groups is 4. The molecule has 294 valence electrons. The van der Waals surface area contributed by atoms with Crippen molar-refractivity contribution in [3.05, 3.63) is 94.6 Å². The van der Waals surface area contributed by atoms with E-state index in [1.807, 2.05) is 23.3 Å². The minimum absolute atomic E-state index is 0.0173. The third kappa shape index (κ3) is 6.88. The van der Waals surface area contributed by atoms with Crippen LogP contribution in [0.25, 0.3) is 22.3 Å². The number of imide groups is 2. The molecule has 1 unspecified atom stereocenters. The Hall–Kier alpha value is -6.14. The van der Waals surface area contributed by atoms with Crippen LogP contribution in [0.3, 0.4) is 0 Å². The van der Waals surface area contributed by atoms with Crippen molar-refractivity contribution >= 4 is 46.4 Å². The van der Waals surface area contributed by atoms with Crippen LogP contribution in [-0.4, -0.2) is 95.1 Å². The Balaban J connectivity index is 0.900. The lowest BCUT2D eigenvalue weighted by Gasteiger charge is -2.38. The molecule has 1 atom stereocenters. The molecule has 0 bridgehead atoms. The molecule has 0 spiro atoms. The Morgan fingerprint density at radius 3 is 2.35 bits per heavy atom. The third-order valence-electron chi connectivity index (χ3n) is 10.5. The molecule has 0 aliphatic carbocycles. The van der Waals surface area contributed by atoms with E-state index in [2.05, 4.69) is 30.6 Å². The number of pyridine rings is 1. The summed E-state index contributed by atoms with van der Waals surface area (Å²) in [6, 6.07) is 5.68. The summed E-state index contributed by atoms with van der Waals surface area (Å²) in [6.07, 6.45) is 2.04. The third-order valence-corrected chi connectivity index (χ3v) is 10.5. The molecule has 0 saturated carbocycles. The molecule has 57 heavy (non-hydrogen) atoms. The van der Waals surface area contributed by atoms with Crippen LogP contribution in [0.15, 0.2) is 54.9 Å². The number of benzene rings is 2. The van der Waals surface area contributed by atoms with Crippen LogP contribution in [0.4, 0.5) is 29.3 Å². The van der Waals surface area contributed by atoms with E-state index in [4.69, 9.17) is 0 Å². The average Bonchev–Trinajstić information content (AvgIpc) is 3.65. The van der Waals surface area contributed by atoms with Crippen LogP contribution in [-0.2, 0) is 22.2 Å². The van der Waals surface area contributed by atoms with Crippen LogP contribution in [0, 0.1) is 18.6 Å². The Labute approximate surface area is 322 Å². The van der Waals surface area contributed by atoms with Crippen molar-refractivity contribution in [3.8, 4) is 11.3 Å². The highest BCUT2D eigenvalue weighted by atomic mass is 19.3. The van der Waals surface area contributed by atoms with Gasteiger partial charge in [0.05, 0.1) is 28.4 Å². The van der Waals surface area contributed by atoms with E-state index in [0.717, 1.165) is 28.3 Å². The average molecular weight is 785 g/mol. The van der Waals surface area contributed by atoms with E-state index >= 15 is 17.6 Å². The molecule has 14 nitrogen and oxygen atoms in total. The second kappa shape index (κ2) is 14.4. The van der Waals surface area contributed by atoms with E-state index in [-0.39, 0.29) is 90.3 Å². The van der Waals surface area contributed by atoms with E-state index in [1.165, 1.54) is 18.2 Å². The predicted octanol–water partition coefficient (Wildman–Crippen LogP) is 5.07. The molecule has 8 rings (SSSR count). The molecule has 3 aromatic heterocycles. The minimum Gasteiger partial charge on any atom is -0.326 e. The quantitative estimate of drug-likeness (QED) is 0.117. The molecule has 0 radical (unpaired) electrons. The SMILES string of the molecule is Cc1nc2c(F)cc(-c3nc(Nc4ccc(C(F)(F)N5CCN(Cc6ccc7c(c6)C(=O)N(C6CCC(=O)NC6=O)C7=O)CC5)cn4)ncc3F)cc2n1C(C)C. The fourth-order valence-corrected chi connectivity index (χ4v) is 7.69. The van der Waals surface area contributed by atoms with Gasteiger partial charge in [-0.2, -0.15) is 8.78 Å². The van der Waals surface area contributed by atoms with Gasteiger partial charge >= 0.3 is 6.05 Å². The fraction of sp³-hybridized carbons (Fsp3) is 0.333. The largest absolute Gasteiger partial charge is 0.333 e. The van der Waals surface area contributed by atoms with Gasteiger partial charge in [-0.15, -0.1) is 0 Å². The number of alkyl halides is 2. The predicted molar refractivity (Wildman–Crippen MR) is 197 cm³/mol. The van der Waals surface area contributed by atoms with Crippen LogP contribution < -0.4 is 10.6 Å². The summed E-state index contributed by atoms with van der Waals surface area (Å²) in [6.45, 7) is 6.58. The second-order valence-electron chi connectivity index (χ2n) is 14.5. The summed E-state index contributed by atoms with van der Waals surface area (Å²) in [4.78, 5) is 70.8. The number of piperidine rings is 1. The summed E-state index contributed by atoms with van der Waals surface area (Å²) >= 11 is 0. The summed E-state index contributed by atoms with van der Waals surface area (Å²) in [5.41, 5.74) is 1.34. The number of rotatable bonds is 9. The number of amides is 4. The molecule has 4 amide bonds. The number of anilines is 2. The van der Waals surface area contributed by atoms with E-state index in [9.17, 15) is 19.2 Å². The zero-order valence-electron chi connectivity index (χ0n) is 31.0. The monoisotopic (exact) mass is 784 g/mol. The molecule has 2 N–H and O–H groups in total. The van der Waals surface area contributed by atoms with Gasteiger partial charge in [-0.1, -0.05) is 6.07 Å². The Bertz CT molecular complexity index is 2470.